The maximum absolute atomic E-state index is 12.1. The second-order valence-corrected chi connectivity index (χ2v) is 4.84. The van der Waals surface area contributed by atoms with Gasteiger partial charge in [-0.3, -0.25) is 4.79 Å². The van der Waals surface area contributed by atoms with E-state index in [0.717, 1.165) is 45.3 Å². The van der Waals surface area contributed by atoms with Crippen molar-refractivity contribution < 1.29 is 4.79 Å². The van der Waals surface area contributed by atoms with E-state index in [1.165, 1.54) is 6.42 Å². The zero-order valence-corrected chi connectivity index (χ0v) is 11.5. The molecule has 4 heteroatoms. The van der Waals surface area contributed by atoms with Crippen molar-refractivity contribution in [3.05, 3.63) is 11.8 Å². The van der Waals surface area contributed by atoms with Crippen molar-refractivity contribution in [1.29, 1.82) is 5.26 Å². The summed E-state index contributed by atoms with van der Waals surface area (Å²) in [5, 5.41) is 9.11. The molecule has 1 rings (SSSR count). The molecule has 0 aromatic rings. The molecule has 0 spiro atoms. The van der Waals surface area contributed by atoms with Crippen molar-refractivity contribution in [1.82, 2.24) is 9.80 Å². The van der Waals surface area contributed by atoms with Crippen molar-refractivity contribution >= 4 is 5.91 Å². The number of carbonyl (C=O) groups is 1. The molecule has 100 valence electrons. The second kappa shape index (κ2) is 7.75. The molecule has 0 aliphatic carbocycles. The number of nitrogens with zero attached hydrogens (tertiary/aromatic N) is 3. The largest absolute Gasteiger partial charge is 0.379 e. The third kappa shape index (κ3) is 4.40. The SMILES string of the molecule is CCCCN(C)/C=C(/C#N)C(=O)N1CCCCC1. The topological polar surface area (TPSA) is 47.3 Å². The molecule has 1 saturated heterocycles. The van der Waals surface area contributed by atoms with Gasteiger partial charge < -0.3 is 9.80 Å². The molecule has 1 fully saturated rings. The van der Waals surface area contributed by atoms with Crippen LogP contribution < -0.4 is 0 Å². The Balaban J connectivity index is 2.61. The first-order valence-corrected chi connectivity index (χ1v) is 6.80. The van der Waals surface area contributed by atoms with Crippen LogP contribution in [-0.2, 0) is 4.79 Å². The summed E-state index contributed by atoms with van der Waals surface area (Å²) >= 11 is 0. The van der Waals surface area contributed by atoms with Crippen LogP contribution in [0.15, 0.2) is 11.8 Å². The third-order valence-corrected chi connectivity index (χ3v) is 3.21. The van der Waals surface area contributed by atoms with E-state index in [0.29, 0.717) is 0 Å². The Morgan fingerprint density at radius 2 is 2.06 bits per heavy atom. The number of carbonyl (C=O) groups excluding carboxylic acids is 1. The van der Waals surface area contributed by atoms with Crippen molar-refractivity contribution in [2.75, 3.05) is 26.7 Å². The Hall–Kier alpha value is -1.50. The maximum atomic E-state index is 12.1. The number of piperidine rings is 1. The lowest BCUT2D eigenvalue weighted by atomic mass is 10.1. The van der Waals surface area contributed by atoms with Gasteiger partial charge in [-0.25, -0.2) is 0 Å². The van der Waals surface area contributed by atoms with E-state index in [-0.39, 0.29) is 11.5 Å². The summed E-state index contributed by atoms with van der Waals surface area (Å²) in [6.07, 6.45) is 7.16. The highest BCUT2D eigenvalue weighted by Gasteiger charge is 2.20. The highest BCUT2D eigenvalue weighted by Crippen LogP contribution is 2.12. The van der Waals surface area contributed by atoms with Crippen LogP contribution >= 0.6 is 0 Å². The number of rotatable bonds is 5. The van der Waals surface area contributed by atoms with Gasteiger partial charge in [0.15, 0.2) is 0 Å². The normalized spacial score (nSPS) is 16.3. The van der Waals surface area contributed by atoms with E-state index in [2.05, 4.69) is 6.92 Å². The molecular weight excluding hydrogens is 226 g/mol. The predicted octanol–water partition coefficient (Wildman–Crippen LogP) is 2.14. The Morgan fingerprint density at radius 1 is 1.39 bits per heavy atom. The molecular formula is C14H23N3O. The van der Waals surface area contributed by atoms with E-state index in [1.807, 2.05) is 18.0 Å². The molecule has 1 aliphatic rings. The Bertz CT molecular complexity index is 337. The Morgan fingerprint density at radius 3 is 2.61 bits per heavy atom. The molecule has 0 unspecified atom stereocenters. The molecule has 0 saturated carbocycles. The first-order chi connectivity index (χ1) is 8.69. The van der Waals surface area contributed by atoms with Gasteiger partial charge in [-0.1, -0.05) is 13.3 Å². The third-order valence-electron chi connectivity index (χ3n) is 3.21. The van der Waals surface area contributed by atoms with Gasteiger partial charge in [0.1, 0.15) is 11.6 Å². The van der Waals surface area contributed by atoms with E-state index in [1.54, 1.807) is 11.1 Å². The summed E-state index contributed by atoms with van der Waals surface area (Å²) in [6.45, 7) is 4.59. The summed E-state index contributed by atoms with van der Waals surface area (Å²) in [5.74, 6) is -0.111. The molecule has 0 aromatic heterocycles. The lowest BCUT2D eigenvalue weighted by Crippen LogP contribution is -2.36. The molecule has 1 heterocycles. The number of hydrogen-bond donors (Lipinski definition) is 0. The van der Waals surface area contributed by atoms with Crippen LogP contribution in [0.2, 0.25) is 0 Å². The van der Waals surface area contributed by atoms with Crippen molar-refractivity contribution in [3.63, 3.8) is 0 Å². The highest BCUT2D eigenvalue weighted by molar-refractivity contribution is 5.97. The van der Waals surface area contributed by atoms with E-state index >= 15 is 0 Å². The number of hydrogen-bond acceptors (Lipinski definition) is 3. The van der Waals surface area contributed by atoms with Gasteiger partial charge in [0.05, 0.1) is 0 Å². The molecule has 0 atom stereocenters. The molecule has 0 aromatic carbocycles. The van der Waals surface area contributed by atoms with Crippen LogP contribution in [0, 0.1) is 11.3 Å². The van der Waals surface area contributed by atoms with Crippen LogP contribution in [-0.4, -0.2) is 42.4 Å². The van der Waals surface area contributed by atoms with Gasteiger partial charge in [0.2, 0.25) is 0 Å². The monoisotopic (exact) mass is 249 g/mol. The summed E-state index contributed by atoms with van der Waals surface area (Å²) in [5.41, 5.74) is 0.260. The number of likely N-dealkylation sites (tertiary alicyclic amines) is 1. The average Bonchev–Trinajstić information content (AvgIpc) is 2.42. The number of amides is 1. The van der Waals surface area contributed by atoms with Crippen LogP contribution in [0.5, 0.6) is 0 Å². The summed E-state index contributed by atoms with van der Waals surface area (Å²) < 4.78 is 0. The van der Waals surface area contributed by atoms with Crippen LogP contribution in [0.25, 0.3) is 0 Å². The van der Waals surface area contributed by atoms with Crippen LogP contribution in [0.4, 0.5) is 0 Å². The quantitative estimate of drug-likeness (QED) is 0.554. The molecule has 0 bridgehead atoms. The van der Waals surface area contributed by atoms with Crippen molar-refractivity contribution in [2.24, 2.45) is 0 Å². The average molecular weight is 249 g/mol. The molecule has 0 radical (unpaired) electrons. The number of unbranched alkanes of at least 4 members (excludes halogenated alkanes) is 1. The second-order valence-electron chi connectivity index (χ2n) is 4.84. The van der Waals surface area contributed by atoms with E-state index in [4.69, 9.17) is 5.26 Å². The summed E-state index contributed by atoms with van der Waals surface area (Å²) in [4.78, 5) is 15.9. The van der Waals surface area contributed by atoms with E-state index in [9.17, 15) is 4.79 Å². The Labute approximate surface area is 110 Å². The minimum Gasteiger partial charge on any atom is -0.379 e. The zero-order chi connectivity index (χ0) is 13.4. The first kappa shape index (κ1) is 14.6. The van der Waals surface area contributed by atoms with E-state index < -0.39 is 0 Å². The number of nitriles is 1. The fraction of sp³-hybridized carbons (Fsp3) is 0.714. The van der Waals surface area contributed by atoms with Crippen LogP contribution in [0.3, 0.4) is 0 Å². The Kier molecular flexibility index (Phi) is 6.27. The molecule has 4 nitrogen and oxygen atoms in total. The lowest BCUT2D eigenvalue weighted by molar-refractivity contribution is -0.127. The fourth-order valence-corrected chi connectivity index (χ4v) is 2.09. The van der Waals surface area contributed by atoms with Gasteiger partial charge in [-0.05, 0) is 25.7 Å². The molecule has 0 N–H and O–H groups in total. The standard InChI is InChI=1S/C14H23N3O/c1-3-4-8-16(2)12-13(11-15)14(18)17-9-6-5-7-10-17/h12H,3-10H2,1-2H3/b13-12-. The maximum Gasteiger partial charge on any atom is 0.266 e. The molecule has 18 heavy (non-hydrogen) atoms. The predicted molar refractivity (Wildman–Crippen MR) is 71.7 cm³/mol. The fourth-order valence-electron chi connectivity index (χ4n) is 2.09. The van der Waals surface area contributed by atoms with Crippen molar-refractivity contribution in [2.45, 2.75) is 39.0 Å². The minimum atomic E-state index is -0.111. The van der Waals surface area contributed by atoms with Gasteiger partial charge in [-0.2, -0.15) is 5.26 Å². The van der Waals surface area contributed by atoms with Gasteiger partial charge in [0.25, 0.3) is 5.91 Å². The molecule has 1 amide bonds. The first-order valence-electron chi connectivity index (χ1n) is 6.80. The smallest absolute Gasteiger partial charge is 0.266 e. The lowest BCUT2D eigenvalue weighted by Gasteiger charge is -2.26. The van der Waals surface area contributed by atoms with Gasteiger partial charge >= 0.3 is 0 Å². The summed E-state index contributed by atoms with van der Waals surface area (Å²) in [7, 11) is 1.91. The van der Waals surface area contributed by atoms with Crippen molar-refractivity contribution in [3.8, 4) is 6.07 Å². The van der Waals surface area contributed by atoms with Gasteiger partial charge in [0, 0.05) is 32.9 Å². The zero-order valence-electron chi connectivity index (χ0n) is 11.5. The van der Waals surface area contributed by atoms with Crippen LogP contribution in [0.1, 0.15) is 39.0 Å². The summed E-state index contributed by atoms with van der Waals surface area (Å²) in [6, 6.07) is 2.03. The minimum absolute atomic E-state index is 0.111. The highest BCUT2D eigenvalue weighted by atomic mass is 16.2. The molecule has 1 aliphatic heterocycles. The van der Waals surface area contributed by atoms with Gasteiger partial charge in [-0.15, -0.1) is 0 Å².